The second kappa shape index (κ2) is 4.09. The number of nitrogens with zero attached hydrogens (tertiary/aromatic N) is 1. The summed E-state index contributed by atoms with van der Waals surface area (Å²) >= 11 is 0. The van der Waals surface area contributed by atoms with Crippen molar-refractivity contribution in [3.05, 3.63) is 29.6 Å². The highest BCUT2D eigenvalue weighted by molar-refractivity contribution is 5.22. The van der Waals surface area contributed by atoms with Crippen LogP contribution in [0.1, 0.15) is 44.7 Å². The fraction of sp³-hybridized carbons (Fsp3) is 0.583. The highest BCUT2D eigenvalue weighted by atomic mass is 14.7. The van der Waals surface area contributed by atoms with Crippen LogP contribution in [0.5, 0.6) is 0 Å². The van der Waals surface area contributed by atoms with Crippen LogP contribution >= 0.6 is 0 Å². The van der Waals surface area contributed by atoms with Crippen molar-refractivity contribution in [1.29, 1.82) is 0 Å². The number of hydrogen-bond acceptors (Lipinski definition) is 2. The van der Waals surface area contributed by atoms with E-state index < -0.39 is 0 Å². The first-order chi connectivity index (χ1) is 6.38. The van der Waals surface area contributed by atoms with Crippen LogP contribution in [-0.4, -0.2) is 10.5 Å². The van der Waals surface area contributed by atoms with Crippen molar-refractivity contribution in [2.75, 3.05) is 0 Å². The molecule has 0 aromatic carbocycles. The molecule has 1 aromatic heterocycles. The van der Waals surface area contributed by atoms with Gasteiger partial charge in [-0.2, -0.15) is 0 Å². The van der Waals surface area contributed by atoms with E-state index in [1.54, 1.807) is 0 Å². The molecule has 14 heavy (non-hydrogen) atoms. The molecule has 0 aliphatic rings. The quantitative estimate of drug-likeness (QED) is 0.799. The fourth-order valence-electron chi connectivity index (χ4n) is 1.45. The van der Waals surface area contributed by atoms with Gasteiger partial charge in [0.15, 0.2) is 0 Å². The van der Waals surface area contributed by atoms with Crippen LogP contribution in [0.4, 0.5) is 0 Å². The van der Waals surface area contributed by atoms with Gasteiger partial charge in [-0.1, -0.05) is 19.9 Å². The fourth-order valence-corrected chi connectivity index (χ4v) is 1.45. The van der Waals surface area contributed by atoms with Gasteiger partial charge in [-0.3, -0.25) is 4.98 Å². The van der Waals surface area contributed by atoms with Gasteiger partial charge < -0.3 is 5.73 Å². The SMILES string of the molecule is CC(C)c1cncc(CC(C)(C)N)c1. The molecule has 2 N–H and O–H groups in total. The first-order valence-electron chi connectivity index (χ1n) is 5.11. The zero-order valence-electron chi connectivity index (χ0n) is 9.54. The summed E-state index contributed by atoms with van der Waals surface area (Å²) in [5, 5.41) is 0. The molecule has 0 saturated heterocycles. The van der Waals surface area contributed by atoms with E-state index in [9.17, 15) is 0 Å². The Morgan fingerprint density at radius 3 is 2.50 bits per heavy atom. The molecule has 1 heterocycles. The smallest absolute Gasteiger partial charge is 0.0302 e. The lowest BCUT2D eigenvalue weighted by Crippen LogP contribution is -2.34. The van der Waals surface area contributed by atoms with Crippen molar-refractivity contribution < 1.29 is 0 Å². The van der Waals surface area contributed by atoms with Gasteiger partial charge in [0.25, 0.3) is 0 Å². The Kier molecular flexibility index (Phi) is 3.27. The Balaban J connectivity index is 2.84. The standard InChI is InChI=1S/C12H20N2/c1-9(2)11-5-10(7-14-8-11)6-12(3,4)13/h5,7-9H,6,13H2,1-4H3. The van der Waals surface area contributed by atoms with Crippen LogP contribution in [-0.2, 0) is 6.42 Å². The van der Waals surface area contributed by atoms with E-state index in [-0.39, 0.29) is 5.54 Å². The molecule has 0 aliphatic heterocycles. The van der Waals surface area contributed by atoms with Crippen LogP contribution in [0, 0.1) is 0 Å². The summed E-state index contributed by atoms with van der Waals surface area (Å²) < 4.78 is 0. The lowest BCUT2D eigenvalue weighted by molar-refractivity contribution is 0.515. The lowest BCUT2D eigenvalue weighted by atomic mass is 9.95. The highest BCUT2D eigenvalue weighted by Crippen LogP contribution is 2.16. The molecule has 2 heteroatoms. The number of rotatable bonds is 3. The number of hydrogen-bond donors (Lipinski definition) is 1. The van der Waals surface area contributed by atoms with Crippen molar-refractivity contribution in [2.45, 2.75) is 45.6 Å². The van der Waals surface area contributed by atoms with E-state index in [1.165, 1.54) is 11.1 Å². The van der Waals surface area contributed by atoms with Crippen LogP contribution in [0.2, 0.25) is 0 Å². The molecule has 0 saturated carbocycles. The number of pyridine rings is 1. The van der Waals surface area contributed by atoms with E-state index in [0.29, 0.717) is 5.92 Å². The van der Waals surface area contributed by atoms with Crippen LogP contribution in [0.15, 0.2) is 18.5 Å². The van der Waals surface area contributed by atoms with Gasteiger partial charge >= 0.3 is 0 Å². The van der Waals surface area contributed by atoms with Gasteiger partial charge in [0, 0.05) is 17.9 Å². The summed E-state index contributed by atoms with van der Waals surface area (Å²) in [5.74, 6) is 0.531. The van der Waals surface area contributed by atoms with Gasteiger partial charge in [-0.05, 0) is 37.3 Å². The Morgan fingerprint density at radius 2 is 2.00 bits per heavy atom. The average molecular weight is 192 g/mol. The van der Waals surface area contributed by atoms with Crippen LogP contribution < -0.4 is 5.73 Å². The van der Waals surface area contributed by atoms with Crippen LogP contribution in [0.25, 0.3) is 0 Å². The second-order valence-electron chi connectivity index (χ2n) is 4.95. The number of aromatic nitrogens is 1. The summed E-state index contributed by atoms with van der Waals surface area (Å²) in [6.45, 7) is 8.42. The third-order valence-electron chi connectivity index (χ3n) is 2.14. The molecule has 78 valence electrons. The van der Waals surface area contributed by atoms with Crippen molar-refractivity contribution in [2.24, 2.45) is 5.73 Å². The molecule has 0 bridgehead atoms. The lowest BCUT2D eigenvalue weighted by Gasteiger charge is -2.18. The van der Waals surface area contributed by atoms with Crippen molar-refractivity contribution in [3.8, 4) is 0 Å². The molecular formula is C12H20N2. The monoisotopic (exact) mass is 192 g/mol. The summed E-state index contributed by atoms with van der Waals surface area (Å²) in [6.07, 6.45) is 4.71. The Hall–Kier alpha value is -0.890. The molecule has 0 atom stereocenters. The van der Waals surface area contributed by atoms with E-state index in [1.807, 2.05) is 26.2 Å². The Bertz CT molecular complexity index is 297. The van der Waals surface area contributed by atoms with Crippen molar-refractivity contribution >= 4 is 0 Å². The third-order valence-corrected chi connectivity index (χ3v) is 2.14. The minimum absolute atomic E-state index is 0.155. The molecule has 0 fully saturated rings. The summed E-state index contributed by atoms with van der Waals surface area (Å²) in [7, 11) is 0. The largest absolute Gasteiger partial charge is 0.325 e. The molecule has 0 unspecified atom stereocenters. The summed E-state index contributed by atoms with van der Waals surface area (Å²) in [4.78, 5) is 4.23. The maximum atomic E-state index is 5.97. The highest BCUT2D eigenvalue weighted by Gasteiger charge is 2.12. The topological polar surface area (TPSA) is 38.9 Å². The minimum Gasteiger partial charge on any atom is -0.325 e. The molecule has 1 aromatic rings. The first kappa shape index (κ1) is 11.2. The summed E-state index contributed by atoms with van der Waals surface area (Å²) in [6, 6.07) is 2.20. The molecule has 2 nitrogen and oxygen atoms in total. The molecule has 1 rings (SSSR count). The first-order valence-corrected chi connectivity index (χ1v) is 5.11. The van der Waals surface area contributed by atoms with E-state index in [4.69, 9.17) is 5.73 Å². The maximum Gasteiger partial charge on any atom is 0.0302 e. The minimum atomic E-state index is -0.155. The van der Waals surface area contributed by atoms with E-state index in [2.05, 4.69) is 24.9 Å². The normalized spacial score (nSPS) is 12.1. The second-order valence-corrected chi connectivity index (χ2v) is 4.95. The Labute approximate surface area is 86.5 Å². The zero-order valence-corrected chi connectivity index (χ0v) is 9.54. The molecule has 0 aliphatic carbocycles. The summed E-state index contributed by atoms with van der Waals surface area (Å²) in [5.41, 5.74) is 8.32. The van der Waals surface area contributed by atoms with Gasteiger partial charge in [-0.25, -0.2) is 0 Å². The van der Waals surface area contributed by atoms with Crippen LogP contribution in [0.3, 0.4) is 0 Å². The Morgan fingerprint density at radius 1 is 1.36 bits per heavy atom. The predicted molar refractivity (Wildman–Crippen MR) is 60.3 cm³/mol. The predicted octanol–water partition coefficient (Wildman–Crippen LogP) is 2.48. The van der Waals surface area contributed by atoms with Gasteiger partial charge in [0.2, 0.25) is 0 Å². The van der Waals surface area contributed by atoms with Gasteiger partial charge in [0.05, 0.1) is 0 Å². The van der Waals surface area contributed by atoms with E-state index in [0.717, 1.165) is 6.42 Å². The van der Waals surface area contributed by atoms with Gasteiger partial charge in [0.1, 0.15) is 0 Å². The average Bonchev–Trinajstić information content (AvgIpc) is 2.01. The molecule has 0 amide bonds. The third kappa shape index (κ3) is 3.46. The van der Waals surface area contributed by atoms with E-state index >= 15 is 0 Å². The van der Waals surface area contributed by atoms with Gasteiger partial charge in [-0.15, -0.1) is 0 Å². The maximum absolute atomic E-state index is 5.97. The molecule has 0 radical (unpaired) electrons. The molecule has 0 spiro atoms. The number of nitrogens with two attached hydrogens (primary N) is 1. The van der Waals surface area contributed by atoms with Crippen molar-refractivity contribution in [3.63, 3.8) is 0 Å². The van der Waals surface area contributed by atoms with Crippen molar-refractivity contribution in [1.82, 2.24) is 4.98 Å². The zero-order chi connectivity index (χ0) is 10.8. The molecular weight excluding hydrogens is 172 g/mol.